The van der Waals surface area contributed by atoms with E-state index < -0.39 is 5.97 Å². The Hall–Kier alpha value is -0.830. The van der Waals surface area contributed by atoms with Crippen LogP contribution in [0.4, 0.5) is 0 Å². The minimum atomic E-state index is -0.405. The SMILES string of the molecule is CC=C(CO)OC(C)=O. The molecule has 0 saturated carbocycles. The summed E-state index contributed by atoms with van der Waals surface area (Å²) >= 11 is 0. The Balaban J connectivity index is 3.71. The van der Waals surface area contributed by atoms with Crippen LogP contribution in [-0.4, -0.2) is 17.7 Å². The molecule has 0 unspecified atom stereocenters. The van der Waals surface area contributed by atoms with Gasteiger partial charge in [0.25, 0.3) is 0 Å². The molecule has 52 valence electrons. The molecule has 0 heterocycles. The molecule has 3 heteroatoms. The van der Waals surface area contributed by atoms with Crippen molar-refractivity contribution in [1.29, 1.82) is 0 Å². The maximum atomic E-state index is 10.2. The van der Waals surface area contributed by atoms with Gasteiger partial charge in [0.05, 0.1) is 0 Å². The van der Waals surface area contributed by atoms with E-state index in [4.69, 9.17) is 5.11 Å². The summed E-state index contributed by atoms with van der Waals surface area (Å²) in [6.07, 6.45) is 1.54. The molecule has 0 aliphatic rings. The van der Waals surface area contributed by atoms with E-state index in [2.05, 4.69) is 4.74 Å². The van der Waals surface area contributed by atoms with Gasteiger partial charge in [0.2, 0.25) is 0 Å². The summed E-state index contributed by atoms with van der Waals surface area (Å²) in [5.41, 5.74) is 0. The highest BCUT2D eigenvalue weighted by molar-refractivity contribution is 5.67. The molecular weight excluding hydrogens is 120 g/mol. The molecule has 0 amide bonds. The predicted molar refractivity (Wildman–Crippen MR) is 32.6 cm³/mol. The van der Waals surface area contributed by atoms with Gasteiger partial charge in [-0.2, -0.15) is 0 Å². The molecule has 0 spiro atoms. The monoisotopic (exact) mass is 130 g/mol. The van der Waals surface area contributed by atoms with E-state index in [-0.39, 0.29) is 6.61 Å². The minimum Gasteiger partial charge on any atom is -0.429 e. The lowest BCUT2D eigenvalue weighted by molar-refractivity contribution is -0.137. The van der Waals surface area contributed by atoms with E-state index >= 15 is 0 Å². The largest absolute Gasteiger partial charge is 0.429 e. The molecule has 0 atom stereocenters. The lowest BCUT2D eigenvalue weighted by Gasteiger charge is -1.99. The lowest BCUT2D eigenvalue weighted by Crippen LogP contribution is -2.01. The van der Waals surface area contributed by atoms with Crippen LogP contribution >= 0.6 is 0 Å². The minimum absolute atomic E-state index is 0.226. The van der Waals surface area contributed by atoms with Crippen LogP contribution in [0.3, 0.4) is 0 Å². The van der Waals surface area contributed by atoms with Crippen molar-refractivity contribution >= 4 is 5.97 Å². The van der Waals surface area contributed by atoms with E-state index in [9.17, 15) is 4.79 Å². The second kappa shape index (κ2) is 4.09. The Morgan fingerprint density at radius 2 is 2.33 bits per heavy atom. The predicted octanol–water partition coefficient (Wildman–Crippen LogP) is 0.446. The number of aliphatic hydroxyl groups excluding tert-OH is 1. The van der Waals surface area contributed by atoms with Gasteiger partial charge in [0.1, 0.15) is 12.4 Å². The van der Waals surface area contributed by atoms with Gasteiger partial charge in [0, 0.05) is 6.92 Å². The van der Waals surface area contributed by atoms with Gasteiger partial charge in [-0.25, -0.2) is 0 Å². The van der Waals surface area contributed by atoms with Crippen molar-refractivity contribution in [3.8, 4) is 0 Å². The third-order valence-corrected chi connectivity index (χ3v) is 0.753. The first-order chi connectivity index (χ1) is 4.20. The van der Waals surface area contributed by atoms with Gasteiger partial charge < -0.3 is 9.84 Å². The third kappa shape index (κ3) is 3.73. The van der Waals surface area contributed by atoms with E-state index in [1.54, 1.807) is 13.0 Å². The summed E-state index contributed by atoms with van der Waals surface area (Å²) in [5, 5.41) is 8.43. The molecule has 0 rings (SSSR count). The van der Waals surface area contributed by atoms with Gasteiger partial charge >= 0.3 is 5.97 Å². The standard InChI is InChI=1S/C6H10O3/c1-3-6(4-7)9-5(2)8/h3,7H,4H2,1-2H3. The van der Waals surface area contributed by atoms with Crippen molar-refractivity contribution in [3.63, 3.8) is 0 Å². The Labute approximate surface area is 53.9 Å². The Bertz CT molecular complexity index is 126. The van der Waals surface area contributed by atoms with Crippen LogP contribution in [-0.2, 0) is 9.53 Å². The van der Waals surface area contributed by atoms with Crippen LogP contribution in [0.1, 0.15) is 13.8 Å². The molecule has 0 aliphatic heterocycles. The Morgan fingerprint density at radius 3 is 2.44 bits per heavy atom. The molecule has 0 aromatic heterocycles. The number of hydrogen-bond acceptors (Lipinski definition) is 3. The maximum Gasteiger partial charge on any atom is 0.307 e. The number of ether oxygens (including phenoxy) is 1. The van der Waals surface area contributed by atoms with Crippen LogP contribution in [0, 0.1) is 0 Å². The second-order valence-corrected chi connectivity index (χ2v) is 1.51. The first kappa shape index (κ1) is 8.17. The molecule has 9 heavy (non-hydrogen) atoms. The van der Waals surface area contributed by atoms with Gasteiger partial charge in [-0.3, -0.25) is 4.79 Å². The zero-order valence-electron chi connectivity index (χ0n) is 5.55. The van der Waals surface area contributed by atoms with Crippen molar-refractivity contribution in [2.24, 2.45) is 0 Å². The number of esters is 1. The number of rotatable bonds is 2. The smallest absolute Gasteiger partial charge is 0.307 e. The average molecular weight is 130 g/mol. The molecule has 0 bridgehead atoms. The molecule has 0 aliphatic carbocycles. The van der Waals surface area contributed by atoms with E-state index in [0.717, 1.165) is 0 Å². The summed E-state index contributed by atoms with van der Waals surface area (Å²) in [4.78, 5) is 10.2. The van der Waals surface area contributed by atoms with E-state index in [0.29, 0.717) is 5.76 Å². The fourth-order valence-electron chi connectivity index (χ4n) is 0.367. The summed E-state index contributed by atoms with van der Waals surface area (Å²) in [7, 11) is 0. The van der Waals surface area contributed by atoms with Crippen molar-refractivity contribution in [1.82, 2.24) is 0 Å². The molecule has 0 saturated heterocycles. The summed E-state index contributed by atoms with van der Waals surface area (Å²) in [6, 6.07) is 0. The van der Waals surface area contributed by atoms with Crippen molar-refractivity contribution < 1.29 is 14.6 Å². The molecular formula is C6H10O3. The highest BCUT2D eigenvalue weighted by atomic mass is 16.5. The van der Waals surface area contributed by atoms with Gasteiger partial charge in [-0.1, -0.05) is 0 Å². The topological polar surface area (TPSA) is 46.5 Å². The first-order valence-corrected chi connectivity index (χ1v) is 2.65. The number of carbonyl (C=O) groups excluding carboxylic acids is 1. The van der Waals surface area contributed by atoms with Crippen LogP contribution in [0.25, 0.3) is 0 Å². The highest BCUT2D eigenvalue weighted by Gasteiger charge is 1.96. The molecule has 0 fully saturated rings. The van der Waals surface area contributed by atoms with Gasteiger partial charge in [-0.05, 0) is 13.0 Å². The number of carbonyl (C=O) groups is 1. The van der Waals surface area contributed by atoms with Crippen LogP contribution < -0.4 is 0 Å². The van der Waals surface area contributed by atoms with Crippen LogP contribution in [0.2, 0.25) is 0 Å². The van der Waals surface area contributed by atoms with Crippen molar-refractivity contribution in [3.05, 3.63) is 11.8 Å². The summed E-state index contributed by atoms with van der Waals surface area (Å²) < 4.78 is 4.52. The molecule has 3 nitrogen and oxygen atoms in total. The zero-order valence-corrected chi connectivity index (χ0v) is 5.55. The molecule has 0 aromatic carbocycles. The number of hydrogen-bond donors (Lipinski definition) is 1. The average Bonchev–Trinajstić information content (AvgIpc) is 1.82. The van der Waals surface area contributed by atoms with Crippen LogP contribution in [0.15, 0.2) is 11.8 Å². The molecule has 1 N–H and O–H groups in total. The number of aliphatic hydroxyl groups is 1. The van der Waals surface area contributed by atoms with E-state index in [1.165, 1.54) is 6.92 Å². The molecule has 0 aromatic rings. The third-order valence-electron chi connectivity index (χ3n) is 0.753. The Kier molecular flexibility index (Phi) is 3.71. The first-order valence-electron chi connectivity index (χ1n) is 2.65. The second-order valence-electron chi connectivity index (χ2n) is 1.51. The van der Waals surface area contributed by atoms with Gasteiger partial charge in [-0.15, -0.1) is 0 Å². The highest BCUT2D eigenvalue weighted by Crippen LogP contribution is 1.94. The van der Waals surface area contributed by atoms with E-state index in [1.807, 2.05) is 0 Å². The number of allylic oxidation sites excluding steroid dienone is 1. The maximum absolute atomic E-state index is 10.2. The lowest BCUT2D eigenvalue weighted by atomic mass is 10.5. The fraction of sp³-hybridized carbons (Fsp3) is 0.500. The quantitative estimate of drug-likeness (QED) is 0.436. The molecule has 0 radical (unpaired) electrons. The zero-order chi connectivity index (χ0) is 7.28. The van der Waals surface area contributed by atoms with Crippen LogP contribution in [0.5, 0.6) is 0 Å². The summed E-state index contributed by atoms with van der Waals surface area (Å²) in [6.45, 7) is 2.75. The van der Waals surface area contributed by atoms with Gasteiger partial charge in [0.15, 0.2) is 0 Å². The fourth-order valence-corrected chi connectivity index (χ4v) is 0.367. The Morgan fingerprint density at radius 1 is 1.78 bits per heavy atom. The normalized spacial score (nSPS) is 11.2. The summed E-state index contributed by atoms with van der Waals surface area (Å²) in [5.74, 6) is -0.111. The van der Waals surface area contributed by atoms with Crippen molar-refractivity contribution in [2.45, 2.75) is 13.8 Å². The van der Waals surface area contributed by atoms with Crippen molar-refractivity contribution in [2.75, 3.05) is 6.61 Å².